The molecule has 0 aliphatic rings. The summed E-state index contributed by atoms with van der Waals surface area (Å²) < 4.78 is 30.4. The van der Waals surface area contributed by atoms with E-state index in [0.29, 0.717) is 18.2 Å². The molecule has 0 radical (unpaired) electrons. The fourth-order valence-electron chi connectivity index (χ4n) is 3.94. The zero-order valence-corrected chi connectivity index (χ0v) is 21.3. The van der Waals surface area contributed by atoms with Gasteiger partial charge in [-0.2, -0.15) is 0 Å². The maximum Gasteiger partial charge on any atom is 0.249 e. The predicted molar refractivity (Wildman–Crippen MR) is 139 cm³/mol. The zero-order valence-electron chi connectivity index (χ0n) is 21.3. The van der Waals surface area contributed by atoms with Crippen molar-refractivity contribution < 1.29 is 8.78 Å². The number of rotatable bonds is 11. The second kappa shape index (κ2) is 11.6. The van der Waals surface area contributed by atoms with Crippen LogP contribution in [-0.4, -0.2) is 45.6 Å². The Morgan fingerprint density at radius 2 is 1.89 bits per heavy atom. The highest BCUT2D eigenvalue weighted by Crippen LogP contribution is 2.28. The molecular formula is C27H36F2N6. The molecule has 0 aliphatic heterocycles. The average Bonchev–Trinajstić information content (AvgIpc) is 3.17. The first-order valence-electron chi connectivity index (χ1n) is 12.2. The molecule has 0 bridgehead atoms. The zero-order chi connectivity index (χ0) is 25.6. The van der Waals surface area contributed by atoms with E-state index >= 15 is 0 Å². The monoisotopic (exact) mass is 482 g/mol. The average molecular weight is 483 g/mol. The predicted octanol–water partition coefficient (Wildman–Crippen LogP) is 5.99. The SMILES string of the molecule is CNCCC(F)(F)CCc1cnc2c(c1)cc(CCC(C)C)n2-c1ccc(C(=N)N=C(C)C)nc1. The smallest absolute Gasteiger partial charge is 0.249 e. The van der Waals surface area contributed by atoms with Crippen LogP contribution in [0.5, 0.6) is 0 Å². The van der Waals surface area contributed by atoms with Crippen LogP contribution in [0, 0.1) is 11.3 Å². The van der Waals surface area contributed by atoms with E-state index in [1.54, 1.807) is 25.5 Å². The molecule has 3 heterocycles. The number of aryl methyl sites for hydroxylation is 2. The summed E-state index contributed by atoms with van der Waals surface area (Å²) >= 11 is 0. The molecule has 0 aromatic carbocycles. The first-order chi connectivity index (χ1) is 16.6. The van der Waals surface area contributed by atoms with E-state index in [4.69, 9.17) is 5.41 Å². The maximum absolute atomic E-state index is 14.1. The van der Waals surface area contributed by atoms with E-state index in [1.165, 1.54) is 0 Å². The Balaban J connectivity index is 1.93. The van der Waals surface area contributed by atoms with Gasteiger partial charge in [0.2, 0.25) is 5.92 Å². The van der Waals surface area contributed by atoms with E-state index in [0.717, 1.165) is 46.5 Å². The maximum atomic E-state index is 14.1. The van der Waals surface area contributed by atoms with Gasteiger partial charge in [-0.15, -0.1) is 0 Å². The van der Waals surface area contributed by atoms with Crippen LogP contribution in [-0.2, 0) is 12.8 Å². The molecule has 35 heavy (non-hydrogen) atoms. The fraction of sp³-hybridized carbons (Fsp3) is 0.481. The number of hydrogen-bond donors (Lipinski definition) is 2. The summed E-state index contributed by atoms with van der Waals surface area (Å²) in [6.45, 7) is 8.37. The second-order valence-corrected chi connectivity index (χ2v) is 9.68. The van der Waals surface area contributed by atoms with Crippen LogP contribution in [0.4, 0.5) is 8.78 Å². The van der Waals surface area contributed by atoms with Crippen LogP contribution < -0.4 is 5.32 Å². The summed E-state index contributed by atoms with van der Waals surface area (Å²) in [5.41, 5.74) is 4.85. The van der Waals surface area contributed by atoms with E-state index in [9.17, 15) is 8.78 Å². The Morgan fingerprint density at radius 3 is 2.51 bits per heavy atom. The van der Waals surface area contributed by atoms with Gasteiger partial charge in [-0.25, -0.2) is 18.8 Å². The first-order valence-corrected chi connectivity index (χ1v) is 12.2. The minimum Gasteiger partial charge on any atom is -0.320 e. The van der Waals surface area contributed by atoms with Gasteiger partial charge in [-0.1, -0.05) is 13.8 Å². The lowest BCUT2D eigenvalue weighted by atomic mass is 10.0. The minimum absolute atomic E-state index is 0.128. The number of alkyl halides is 2. The van der Waals surface area contributed by atoms with Crippen molar-refractivity contribution in [1.82, 2.24) is 19.9 Å². The van der Waals surface area contributed by atoms with Gasteiger partial charge in [0.05, 0.1) is 11.9 Å². The van der Waals surface area contributed by atoms with E-state index < -0.39 is 5.92 Å². The molecule has 0 saturated heterocycles. The van der Waals surface area contributed by atoms with Gasteiger partial charge in [0.25, 0.3) is 0 Å². The number of fused-ring (bicyclic) bond motifs is 1. The largest absolute Gasteiger partial charge is 0.320 e. The van der Waals surface area contributed by atoms with Crippen LogP contribution in [0.3, 0.4) is 0 Å². The van der Waals surface area contributed by atoms with Crippen molar-refractivity contribution in [3.8, 4) is 5.69 Å². The molecule has 3 aromatic heterocycles. The second-order valence-electron chi connectivity index (χ2n) is 9.68. The van der Waals surface area contributed by atoms with Crippen LogP contribution in [0.2, 0.25) is 0 Å². The molecule has 3 aromatic rings. The summed E-state index contributed by atoms with van der Waals surface area (Å²) in [4.78, 5) is 13.3. The number of halogens is 2. The van der Waals surface area contributed by atoms with E-state index in [-0.39, 0.29) is 25.1 Å². The lowest BCUT2D eigenvalue weighted by molar-refractivity contribution is -0.0148. The topological polar surface area (TPSA) is 79.0 Å². The van der Waals surface area contributed by atoms with Gasteiger partial charge < -0.3 is 5.32 Å². The molecular weight excluding hydrogens is 446 g/mol. The molecule has 0 unspecified atom stereocenters. The number of nitrogens with zero attached hydrogens (tertiary/aromatic N) is 4. The third kappa shape index (κ3) is 7.24. The normalized spacial score (nSPS) is 11.9. The minimum atomic E-state index is -2.70. The first kappa shape index (κ1) is 26.6. The molecule has 188 valence electrons. The van der Waals surface area contributed by atoms with Crippen molar-refractivity contribution in [1.29, 1.82) is 5.41 Å². The van der Waals surface area contributed by atoms with E-state index in [1.807, 2.05) is 26.0 Å². The molecule has 0 saturated carbocycles. The number of nitrogens with one attached hydrogen (secondary N) is 2. The molecule has 2 N–H and O–H groups in total. The number of amidine groups is 1. The summed E-state index contributed by atoms with van der Waals surface area (Å²) in [5.74, 6) is -2.03. The number of aliphatic imine (C=N–C) groups is 1. The molecule has 0 aliphatic carbocycles. The Hall–Kier alpha value is -3.00. The Kier molecular flexibility index (Phi) is 8.83. The molecule has 6 nitrogen and oxygen atoms in total. The summed E-state index contributed by atoms with van der Waals surface area (Å²) in [5, 5.41) is 11.8. The van der Waals surface area contributed by atoms with Crippen LogP contribution >= 0.6 is 0 Å². The van der Waals surface area contributed by atoms with Crippen molar-refractivity contribution in [3.05, 3.63) is 53.6 Å². The third-order valence-electron chi connectivity index (χ3n) is 5.86. The van der Waals surface area contributed by atoms with Gasteiger partial charge in [-0.3, -0.25) is 15.0 Å². The summed E-state index contributed by atoms with van der Waals surface area (Å²) in [7, 11) is 1.68. The number of pyridine rings is 2. The Morgan fingerprint density at radius 1 is 1.11 bits per heavy atom. The summed E-state index contributed by atoms with van der Waals surface area (Å²) in [6.07, 6.45) is 5.24. The quantitative estimate of drug-likeness (QED) is 0.260. The van der Waals surface area contributed by atoms with Crippen LogP contribution in [0.1, 0.15) is 63.9 Å². The van der Waals surface area contributed by atoms with Gasteiger partial charge >= 0.3 is 0 Å². The molecule has 3 rings (SSSR count). The Bertz CT molecular complexity index is 1170. The van der Waals surface area contributed by atoms with Crippen molar-refractivity contribution in [2.75, 3.05) is 13.6 Å². The highest BCUT2D eigenvalue weighted by atomic mass is 19.3. The fourth-order valence-corrected chi connectivity index (χ4v) is 3.94. The van der Waals surface area contributed by atoms with Gasteiger partial charge in [0, 0.05) is 42.4 Å². The van der Waals surface area contributed by atoms with Gasteiger partial charge in [0.15, 0.2) is 5.84 Å². The summed E-state index contributed by atoms with van der Waals surface area (Å²) in [6, 6.07) is 7.80. The molecule has 0 spiro atoms. The lowest BCUT2D eigenvalue weighted by Crippen LogP contribution is -2.23. The molecule has 0 fully saturated rings. The van der Waals surface area contributed by atoms with Crippen molar-refractivity contribution in [2.24, 2.45) is 10.9 Å². The van der Waals surface area contributed by atoms with Gasteiger partial charge in [-0.05, 0) is 75.9 Å². The highest BCUT2D eigenvalue weighted by Gasteiger charge is 2.27. The molecule has 0 amide bonds. The van der Waals surface area contributed by atoms with E-state index in [2.05, 4.69) is 44.8 Å². The van der Waals surface area contributed by atoms with Crippen molar-refractivity contribution in [3.63, 3.8) is 0 Å². The van der Waals surface area contributed by atoms with Crippen molar-refractivity contribution in [2.45, 2.75) is 65.7 Å². The highest BCUT2D eigenvalue weighted by molar-refractivity contribution is 6.03. The third-order valence-corrected chi connectivity index (χ3v) is 5.86. The molecule has 8 heteroatoms. The van der Waals surface area contributed by atoms with Crippen molar-refractivity contribution >= 4 is 22.6 Å². The Labute approximate surface area is 206 Å². The number of hydrogen-bond acceptors (Lipinski definition) is 4. The van der Waals surface area contributed by atoms with Gasteiger partial charge in [0.1, 0.15) is 11.3 Å². The number of aromatic nitrogens is 3. The van der Waals surface area contributed by atoms with Crippen LogP contribution in [0.15, 0.2) is 41.7 Å². The molecule has 0 atom stereocenters. The van der Waals surface area contributed by atoms with Crippen LogP contribution in [0.25, 0.3) is 16.7 Å². The standard InChI is InChI=1S/C27H36F2N6/c1-18(2)6-7-22-15-21-14-20(10-11-27(28,29)12-13-31-5)16-33-26(21)35(22)23-8-9-24(32-17-23)25(30)34-19(3)4/h8-9,14-18,30-31H,6-7,10-13H2,1-5H3. The lowest BCUT2D eigenvalue weighted by Gasteiger charge is -2.16.